The van der Waals surface area contributed by atoms with E-state index in [1.807, 2.05) is 0 Å². The number of carboxylic acids is 1. The molecule has 0 fully saturated rings. The van der Waals surface area contributed by atoms with Crippen molar-refractivity contribution in [3.8, 4) is 5.75 Å². The Balaban J connectivity index is 2.10. The van der Waals surface area contributed by atoms with Gasteiger partial charge in [-0.25, -0.2) is 4.79 Å². The molecule has 2 amide bonds. The number of carbonyl (C=O) groups excluding carboxylic acids is 2. The average molecular weight is 418 g/mol. The quantitative estimate of drug-likeness (QED) is 0.498. The zero-order chi connectivity index (χ0) is 22.3. The number of unbranched alkanes of at least 4 members (excludes halogenated alkanes) is 1. The maximum absolute atomic E-state index is 12.2. The fourth-order valence-electron chi connectivity index (χ4n) is 2.90. The van der Waals surface area contributed by atoms with Crippen molar-refractivity contribution in [1.82, 2.24) is 10.6 Å². The lowest BCUT2D eigenvalue weighted by atomic mass is 10.0. The number of amides is 2. The molecule has 0 saturated carbocycles. The van der Waals surface area contributed by atoms with E-state index in [0.717, 1.165) is 30.2 Å². The minimum atomic E-state index is -1.18. The highest BCUT2D eigenvalue weighted by Gasteiger charge is 2.19. The first-order valence-corrected chi connectivity index (χ1v) is 9.72. The van der Waals surface area contributed by atoms with Crippen molar-refractivity contribution in [2.24, 2.45) is 0 Å². The Morgan fingerprint density at radius 1 is 1.20 bits per heavy atom. The molecule has 9 nitrogen and oxygen atoms in total. The van der Waals surface area contributed by atoms with Crippen LogP contribution in [0.4, 0.5) is 0 Å². The summed E-state index contributed by atoms with van der Waals surface area (Å²) in [5, 5.41) is 13.9. The van der Waals surface area contributed by atoms with Crippen molar-refractivity contribution in [2.45, 2.75) is 46.1 Å². The second-order valence-corrected chi connectivity index (χ2v) is 6.91. The van der Waals surface area contributed by atoms with Crippen molar-refractivity contribution < 1.29 is 28.6 Å². The topological polar surface area (TPSA) is 135 Å². The molecule has 162 valence electrons. The molecule has 1 aromatic heterocycles. The summed E-state index contributed by atoms with van der Waals surface area (Å²) >= 11 is 0. The molecule has 2 aromatic rings. The molecule has 0 bridgehead atoms. The van der Waals surface area contributed by atoms with Gasteiger partial charge in [-0.3, -0.25) is 14.4 Å². The molecule has 9 heteroatoms. The van der Waals surface area contributed by atoms with Crippen LogP contribution in [0.2, 0.25) is 0 Å². The van der Waals surface area contributed by atoms with Crippen LogP contribution in [0.5, 0.6) is 5.75 Å². The number of benzene rings is 1. The number of nitrogens with one attached hydrogen (secondary N) is 2. The molecule has 3 N–H and O–H groups in total. The summed E-state index contributed by atoms with van der Waals surface area (Å²) in [6.07, 6.45) is 1.79. The van der Waals surface area contributed by atoms with Crippen molar-refractivity contribution in [3.05, 3.63) is 39.7 Å². The summed E-state index contributed by atoms with van der Waals surface area (Å²) in [4.78, 5) is 46.1. The number of rotatable bonds is 10. The largest absolute Gasteiger partial charge is 0.480 e. The van der Waals surface area contributed by atoms with Gasteiger partial charge in [0.05, 0.1) is 6.54 Å². The van der Waals surface area contributed by atoms with Crippen molar-refractivity contribution >= 4 is 28.8 Å². The van der Waals surface area contributed by atoms with Crippen LogP contribution in [-0.4, -0.2) is 42.1 Å². The first kappa shape index (κ1) is 22.9. The Labute approximate surface area is 173 Å². The molecule has 2 rings (SSSR count). The van der Waals surface area contributed by atoms with Crippen LogP contribution in [0.3, 0.4) is 0 Å². The van der Waals surface area contributed by atoms with Gasteiger partial charge in [-0.1, -0.05) is 13.3 Å². The van der Waals surface area contributed by atoms with Crippen molar-refractivity contribution in [1.29, 1.82) is 0 Å². The SMILES string of the molecule is CCCCc1cc(=O)oc2c(C)c(O[C@H](C)C(=O)NCC(=O)NCC(=O)O)ccc12. The fraction of sp³-hybridized carbons (Fsp3) is 0.429. The van der Waals surface area contributed by atoms with Crippen molar-refractivity contribution in [3.63, 3.8) is 0 Å². The fourth-order valence-corrected chi connectivity index (χ4v) is 2.90. The van der Waals surface area contributed by atoms with Crippen LogP contribution in [0.25, 0.3) is 11.0 Å². The van der Waals surface area contributed by atoms with Gasteiger partial charge in [0.1, 0.15) is 17.9 Å². The summed E-state index contributed by atoms with van der Waals surface area (Å²) in [6.45, 7) is 4.44. The first-order chi connectivity index (χ1) is 14.2. The van der Waals surface area contributed by atoms with E-state index in [-0.39, 0.29) is 6.54 Å². The minimum absolute atomic E-state index is 0.369. The third-order valence-corrected chi connectivity index (χ3v) is 4.53. The highest BCUT2D eigenvalue weighted by atomic mass is 16.5. The molecule has 0 radical (unpaired) electrons. The first-order valence-electron chi connectivity index (χ1n) is 9.72. The number of aryl methyl sites for hydroxylation is 2. The number of hydrogen-bond acceptors (Lipinski definition) is 6. The summed E-state index contributed by atoms with van der Waals surface area (Å²) in [6, 6.07) is 5.02. The summed E-state index contributed by atoms with van der Waals surface area (Å²) in [5.41, 5.74) is 1.50. The molecule has 1 atom stereocenters. The van der Waals surface area contributed by atoms with Gasteiger partial charge >= 0.3 is 11.6 Å². The second kappa shape index (κ2) is 10.4. The third-order valence-electron chi connectivity index (χ3n) is 4.53. The zero-order valence-electron chi connectivity index (χ0n) is 17.2. The van der Waals surface area contributed by atoms with E-state index in [4.69, 9.17) is 14.3 Å². The molecule has 1 aromatic carbocycles. The lowest BCUT2D eigenvalue weighted by Gasteiger charge is -2.17. The summed E-state index contributed by atoms with van der Waals surface area (Å²) in [5.74, 6) is -1.96. The highest BCUT2D eigenvalue weighted by Crippen LogP contribution is 2.29. The van der Waals surface area contributed by atoms with Gasteiger partial charge in [0.15, 0.2) is 6.10 Å². The number of hydrogen-bond donors (Lipinski definition) is 3. The molecule has 1 heterocycles. The molecule has 0 saturated heterocycles. The molecule has 0 spiro atoms. The van der Waals surface area contributed by atoms with Gasteiger partial charge in [0.25, 0.3) is 5.91 Å². The van der Waals surface area contributed by atoms with Crippen LogP contribution in [0.15, 0.2) is 27.4 Å². The number of ether oxygens (including phenoxy) is 1. The van der Waals surface area contributed by atoms with E-state index in [0.29, 0.717) is 16.9 Å². The van der Waals surface area contributed by atoms with E-state index < -0.39 is 36.1 Å². The number of fused-ring (bicyclic) bond motifs is 1. The third kappa shape index (κ3) is 6.07. The van der Waals surface area contributed by atoms with Gasteiger partial charge < -0.3 is 24.9 Å². The lowest BCUT2D eigenvalue weighted by molar-refractivity contribution is -0.137. The number of carboxylic acid groups (broad SMARTS) is 1. The van der Waals surface area contributed by atoms with Gasteiger partial charge in [0.2, 0.25) is 5.91 Å². The van der Waals surface area contributed by atoms with E-state index in [2.05, 4.69) is 17.6 Å². The molecule has 0 aliphatic rings. The Bertz CT molecular complexity index is 997. The highest BCUT2D eigenvalue weighted by molar-refractivity contribution is 5.88. The average Bonchev–Trinajstić information content (AvgIpc) is 2.70. The Morgan fingerprint density at radius 3 is 2.60 bits per heavy atom. The standard InChI is InChI=1S/C21H26N2O7/c1-4-5-6-14-9-19(27)30-20-12(2)16(8-7-15(14)20)29-13(3)21(28)23-10-17(24)22-11-18(25)26/h7-9,13H,4-6,10-11H2,1-3H3,(H,22,24)(H,23,28)(H,25,26)/t13-/m1/s1. The number of aliphatic carboxylic acids is 1. The predicted octanol–water partition coefficient (Wildman–Crippen LogP) is 1.53. The van der Waals surface area contributed by atoms with Crippen LogP contribution < -0.4 is 21.0 Å². The van der Waals surface area contributed by atoms with E-state index >= 15 is 0 Å². The van der Waals surface area contributed by atoms with Gasteiger partial charge in [-0.05, 0) is 44.4 Å². The smallest absolute Gasteiger partial charge is 0.336 e. The molecule has 0 aliphatic carbocycles. The lowest BCUT2D eigenvalue weighted by Crippen LogP contribution is -2.43. The maximum Gasteiger partial charge on any atom is 0.336 e. The van der Waals surface area contributed by atoms with E-state index in [1.165, 1.54) is 13.0 Å². The maximum atomic E-state index is 12.2. The Hall–Kier alpha value is -3.36. The summed E-state index contributed by atoms with van der Waals surface area (Å²) < 4.78 is 11.1. The monoisotopic (exact) mass is 418 g/mol. The molecular weight excluding hydrogens is 392 g/mol. The van der Waals surface area contributed by atoms with Gasteiger partial charge in [-0.15, -0.1) is 0 Å². The van der Waals surface area contributed by atoms with Crippen molar-refractivity contribution in [2.75, 3.05) is 13.1 Å². The second-order valence-electron chi connectivity index (χ2n) is 6.91. The Kier molecular flexibility index (Phi) is 7.97. The molecule has 0 unspecified atom stereocenters. The van der Waals surface area contributed by atoms with Crippen LogP contribution in [0, 0.1) is 6.92 Å². The van der Waals surface area contributed by atoms with Crippen LogP contribution in [0.1, 0.15) is 37.8 Å². The van der Waals surface area contributed by atoms with E-state index in [1.54, 1.807) is 19.1 Å². The molecular formula is C21H26N2O7. The molecule has 30 heavy (non-hydrogen) atoms. The van der Waals surface area contributed by atoms with Crippen LogP contribution >= 0.6 is 0 Å². The predicted molar refractivity (Wildman–Crippen MR) is 110 cm³/mol. The number of carbonyl (C=O) groups is 3. The minimum Gasteiger partial charge on any atom is -0.480 e. The van der Waals surface area contributed by atoms with Gasteiger partial charge in [-0.2, -0.15) is 0 Å². The van der Waals surface area contributed by atoms with Gasteiger partial charge in [0, 0.05) is 17.0 Å². The zero-order valence-corrected chi connectivity index (χ0v) is 17.2. The van der Waals surface area contributed by atoms with E-state index in [9.17, 15) is 19.2 Å². The molecule has 0 aliphatic heterocycles. The Morgan fingerprint density at radius 2 is 1.93 bits per heavy atom. The van der Waals surface area contributed by atoms with Crippen LogP contribution in [-0.2, 0) is 20.8 Å². The summed E-state index contributed by atoms with van der Waals surface area (Å²) in [7, 11) is 0. The normalized spacial score (nSPS) is 11.7.